The molecule has 2 aromatic carbocycles. The van der Waals surface area contributed by atoms with Crippen molar-refractivity contribution in [3.05, 3.63) is 54.1 Å². The molecule has 0 unspecified atom stereocenters. The van der Waals surface area contributed by atoms with Crippen LogP contribution in [0.4, 0.5) is 18.9 Å². The number of methoxy groups -OCH3 is 1. The molecule has 0 spiro atoms. The topological polar surface area (TPSA) is 98.8 Å². The van der Waals surface area contributed by atoms with Gasteiger partial charge in [0.05, 0.1) is 17.8 Å². The van der Waals surface area contributed by atoms with Crippen molar-refractivity contribution >= 4 is 39.7 Å². The van der Waals surface area contributed by atoms with Crippen LogP contribution in [0.3, 0.4) is 0 Å². The van der Waals surface area contributed by atoms with Gasteiger partial charge < -0.3 is 9.47 Å². The summed E-state index contributed by atoms with van der Waals surface area (Å²) in [6.45, 7) is 0.375. The highest BCUT2D eigenvalue weighted by Gasteiger charge is 2.31. The van der Waals surface area contributed by atoms with Gasteiger partial charge in [-0.15, -0.1) is 13.2 Å². The molecule has 0 amide bonds. The Bertz CT molecular complexity index is 930. The second kappa shape index (κ2) is 11.5. The van der Waals surface area contributed by atoms with Crippen molar-refractivity contribution < 1.29 is 40.7 Å². The SMILES string of the molecule is COC=O.CSCC(=O)c1ccc(NS(=O)(=O)c2ccc(OC(F)(F)F)cc2)cc1. The van der Waals surface area contributed by atoms with Crippen LogP contribution in [-0.4, -0.2) is 46.2 Å². The number of benzene rings is 2. The highest BCUT2D eigenvalue weighted by atomic mass is 32.2. The van der Waals surface area contributed by atoms with E-state index in [4.69, 9.17) is 4.79 Å². The summed E-state index contributed by atoms with van der Waals surface area (Å²) in [6, 6.07) is 9.68. The zero-order valence-electron chi connectivity index (χ0n) is 15.8. The van der Waals surface area contributed by atoms with Crippen LogP contribution in [0.1, 0.15) is 10.4 Å². The third kappa shape index (κ3) is 8.74. The molecular formula is C18H18F3NO6S2. The van der Waals surface area contributed by atoms with Crippen LogP contribution in [0.2, 0.25) is 0 Å². The predicted molar refractivity (Wildman–Crippen MR) is 106 cm³/mol. The highest BCUT2D eigenvalue weighted by molar-refractivity contribution is 7.99. The van der Waals surface area contributed by atoms with E-state index < -0.39 is 22.1 Å². The third-order valence-electron chi connectivity index (χ3n) is 3.20. The molecule has 0 aliphatic heterocycles. The van der Waals surface area contributed by atoms with Gasteiger partial charge in [-0.2, -0.15) is 11.8 Å². The first-order chi connectivity index (χ1) is 14.0. The van der Waals surface area contributed by atoms with Crippen molar-refractivity contribution in [1.82, 2.24) is 0 Å². The van der Waals surface area contributed by atoms with Gasteiger partial charge in [-0.25, -0.2) is 8.42 Å². The number of ketones is 1. The number of alkyl halides is 3. The molecule has 0 heterocycles. The summed E-state index contributed by atoms with van der Waals surface area (Å²) in [5, 5.41) is 0. The van der Waals surface area contributed by atoms with E-state index >= 15 is 0 Å². The van der Waals surface area contributed by atoms with E-state index in [1.165, 1.54) is 43.1 Å². The molecule has 30 heavy (non-hydrogen) atoms. The predicted octanol–water partition coefficient (Wildman–Crippen LogP) is 3.72. The standard InChI is InChI=1S/C16H14F3NO4S2.C2H4O2/c1-25-10-15(21)11-2-4-12(5-3-11)20-26(22,23)14-8-6-13(7-9-14)24-16(17,18)19;1-4-2-3/h2-9,20H,10H2,1H3;2H,1H3. The lowest BCUT2D eigenvalue weighted by Crippen LogP contribution is -2.17. The quantitative estimate of drug-likeness (QED) is 0.469. The van der Waals surface area contributed by atoms with Crippen molar-refractivity contribution in [2.45, 2.75) is 11.3 Å². The molecule has 0 saturated heterocycles. The van der Waals surface area contributed by atoms with Crippen LogP contribution in [-0.2, 0) is 19.6 Å². The Morgan fingerprint density at radius 2 is 1.63 bits per heavy atom. The van der Waals surface area contributed by atoms with Crippen molar-refractivity contribution in [2.24, 2.45) is 0 Å². The number of rotatable bonds is 8. The fourth-order valence-corrected chi connectivity index (χ4v) is 3.46. The van der Waals surface area contributed by atoms with Gasteiger partial charge in [0.25, 0.3) is 16.5 Å². The molecule has 1 N–H and O–H groups in total. The molecule has 12 heteroatoms. The van der Waals surface area contributed by atoms with Crippen molar-refractivity contribution in [2.75, 3.05) is 23.8 Å². The van der Waals surface area contributed by atoms with Crippen LogP contribution in [0, 0.1) is 0 Å². The summed E-state index contributed by atoms with van der Waals surface area (Å²) in [5.41, 5.74) is 0.678. The monoisotopic (exact) mass is 465 g/mol. The van der Waals surface area contributed by atoms with Crippen LogP contribution < -0.4 is 9.46 Å². The van der Waals surface area contributed by atoms with Crippen molar-refractivity contribution in [3.63, 3.8) is 0 Å². The summed E-state index contributed by atoms with van der Waals surface area (Å²) in [4.78, 5) is 20.5. The van der Waals surface area contributed by atoms with E-state index in [2.05, 4.69) is 14.2 Å². The zero-order chi connectivity index (χ0) is 22.8. The smallest absolute Gasteiger partial charge is 0.471 e. The van der Waals surface area contributed by atoms with Gasteiger partial charge in [0.15, 0.2) is 5.78 Å². The minimum atomic E-state index is -4.85. The largest absolute Gasteiger partial charge is 0.573 e. The van der Waals surface area contributed by atoms with Crippen LogP contribution in [0.25, 0.3) is 0 Å². The van der Waals surface area contributed by atoms with Crippen LogP contribution in [0.5, 0.6) is 5.75 Å². The molecule has 0 aliphatic carbocycles. The molecule has 0 atom stereocenters. The Balaban J connectivity index is 0.00000103. The van der Waals surface area contributed by atoms with Gasteiger partial charge >= 0.3 is 6.36 Å². The lowest BCUT2D eigenvalue weighted by molar-refractivity contribution is -0.274. The summed E-state index contributed by atoms with van der Waals surface area (Å²) in [5.74, 6) is -0.280. The lowest BCUT2D eigenvalue weighted by Gasteiger charge is -2.11. The second-order valence-corrected chi connectivity index (χ2v) is 7.94. The first-order valence-electron chi connectivity index (χ1n) is 7.99. The summed E-state index contributed by atoms with van der Waals surface area (Å²) >= 11 is 1.38. The van der Waals surface area contributed by atoms with E-state index in [9.17, 15) is 26.4 Å². The van der Waals surface area contributed by atoms with Crippen molar-refractivity contribution in [3.8, 4) is 5.75 Å². The number of halogens is 3. The van der Waals surface area contributed by atoms with Gasteiger partial charge in [0.2, 0.25) is 0 Å². The number of carbonyl (C=O) groups excluding carboxylic acids is 2. The molecule has 2 rings (SSSR count). The minimum absolute atomic E-state index is 0.0767. The van der Waals surface area contributed by atoms with E-state index in [-0.39, 0.29) is 16.4 Å². The minimum Gasteiger partial charge on any atom is -0.471 e. The number of carbonyl (C=O) groups is 2. The number of thioether (sulfide) groups is 1. The fourth-order valence-electron chi connectivity index (χ4n) is 1.97. The molecule has 0 aromatic heterocycles. The molecule has 0 bridgehead atoms. The Morgan fingerprint density at radius 3 is 2.07 bits per heavy atom. The first-order valence-corrected chi connectivity index (χ1v) is 10.9. The number of Topliss-reactive ketones (excluding diaryl/α,β-unsaturated/α-hetero) is 1. The maximum Gasteiger partial charge on any atom is 0.573 e. The van der Waals surface area contributed by atoms with Crippen LogP contribution in [0.15, 0.2) is 53.4 Å². The van der Waals surface area contributed by atoms with Gasteiger partial charge in [0, 0.05) is 11.3 Å². The van der Waals surface area contributed by atoms with E-state index in [0.29, 0.717) is 17.8 Å². The van der Waals surface area contributed by atoms with Crippen molar-refractivity contribution in [1.29, 1.82) is 0 Å². The number of anilines is 1. The number of nitrogens with one attached hydrogen (secondary N) is 1. The molecule has 0 radical (unpaired) electrons. The van der Waals surface area contributed by atoms with Gasteiger partial charge in [-0.05, 0) is 54.8 Å². The molecule has 2 aromatic rings. The number of sulfonamides is 1. The van der Waals surface area contributed by atoms with Gasteiger partial charge in [-0.3, -0.25) is 14.3 Å². The highest BCUT2D eigenvalue weighted by Crippen LogP contribution is 2.25. The first kappa shape index (κ1) is 25.3. The second-order valence-electron chi connectivity index (χ2n) is 5.39. The van der Waals surface area contributed by atoms with E-state index in [0.717, 1.165) is 24.3 Å². The van der Waals surface area contributed by atoms with E-state index in [1.54, 1.807) is 6.26 Å². The average Bonchev–Trinajstić information content (AvgIpc) is 2.68. The maximum absolute atomic E-state index is 12.3. The third-order valence-corrected chi connectivity index (χ3v) is 5.15. The Morgan fingerprint density at radius 1 is 1.10 bits per heavy atom. The van der Waals surface area contributed by atoms with Crippen LogP contribution >= 0.6 is 11.8 Å². The van der Waals surface area contributed by atoms with Gasteiger partial charge in [-0.1, -0.05) is 0 Å². The number of ether oxygens (including phenoxy) is 2. The molecule has 164 valence electrons. The fraction of sp³-hybridized carbons (Fsp3) is 0.222. The summed E-state index contributed by atoms with van der Waals surface area (Å²) in [7, 11) is -2.68. The lowest BCUT2D eigenvalue weighted by atomic mass is 10.1. The normalized spacial score (nSPS) is 11.0. The Labute approximate surface area is 175 Å². The Kier molecular flexibility index (Phi) is 9.66. The summed E-state index contributed by atoms with van der Waals surface area (Å²) in [6.07, 6.45) is -3.06. The average molecular weight is 465 g/mol. The summed E-state index contributed by atoms with van der Waals surface area (Å²) < 4.78 is 70.8. The Hall–Kier alpha value is -2.73. The van der Waals surface area contributed by atoms with E-state index in [1.807, 2.05) is 0 Å². The molecule has 0 aliphatic rings. The molecule has 0 fully saturated rings. The zero-order valence-corrected chi connectivity index (χ0v) is 17.4. The molecular weight excluding hydrogens is 447 g/mol. The maximum atomic E-state index is 12.3. The molecule has 0 saturated carbocycles. The van der Waals surface area contributed by atoms with Gasteiger partial charge in [0.1, 0.15) is 5.75 Å². The number of hydrogen-bond donors (Lipinski definition) is 1. The molecule has 7 nitrogen and oxygen atoms in total. The number of hydrogen-bond acceptors (Lipinski definition) is 7.